The Kier molecular flexibility index (Phi) is 4.66. The maximum atomic E-state index is 6.00. The molecule has 0 unspecified atom stereocenters. The fourth-order valence-electron chi connectivity index (χ4n) is 3.53. The van der Waals surface area contributed by atoms with Gasteiger partial charge in [0.2, 0.25) is 0 Å². The number of hydrogen-bond acceptors (Lipinski definition) is 2. The van der Waals surface area contributed by atoms with E-state index in [0.717, 1.165) is 12.6 Å². The van der Waals surface area contributed by atoms with E-state index in [2.05, 4.69) is 5.32 Å². The Bertz CT molecular complexity index is 191. The smallest absolute Gasteiger partial charge is 0.00670 e. The van der Waals surface area contributed by atoms with Crippen LogP contribution in [-0.4, -0.2) is 19.1 Å². The van der Waals surface area contributed by atoms with Gasteiger partial charge < -0.3 is 11.1 Å². The number of hydrogen-bond donors (Lipinski definition) is 2. The Morgan fingerprint density at radius 3 is 2.31 bits per heavy atom. The summed E-state index contributed by atoms with van der Waals surface area (Å²) in [5.74, 6) is 0. The minimum absolute atomic E-state index is 0.490. The molecule has 2 rings (SSSR count). The molecule has 2 fully saturated rings. The molecule has 0 aromatic heterocycles. The molecule has 0 heterocycles. The van der Waals surface area contributed by atoms with Crippen molar-refractivity contribution in [3.63, 3.8) is 0 Å². The molecule has 3 N–H and O–H groups in total. The second-order valence-electron chi connectivity index (χ2n) is 5.95. The van der Waals surface area contributed by atoms with Gasteiger partial charge in [0.25, 0.3) is 0 Å². The van der Waals surface area contributed by atoms with Gasteiger partial charge in [-0.3, -0.25) is 0 Å². The lowest BCUT2D eigenvalue weighted by molar-refractivity contribution is 0.179. The summed E-state index contributed by atoms with van der Waals surface area (Å²) < 4.78 is 0. The van der Waals surface area contributed by atoms with Gasteiger partial charge in [0, 0.05) is 6.04 Å². The van der Waals surface area contributed by atoms with Crippen LogP contribution >= 0.6 is 0 Å². The van der Waals surface area contributed by atoms with E-state index >= 15 is 0 Å². The molecule has 2 nitrogen and oxygen atoms in total. The highest BCUT2D eigenvalue weighted by molar-refractivity contribution is 4.85. The van der Waals surface area contributed by atoms with Crippen molar-refractivity contribution in [3.05, 3.63) is 0 Å². The van der Waals surface area contributed by atoms with Crippen LogP contribution < -0.4 is 11.1 Å². The quantitative estimate of drug-likeness (QED) is 0.753. The van der Waals surface area contributed by atoms with E-state index in [-0.39, 0.29) is 0 Å². The van der Waals surface area contributed by atoms with Crippen LogP contribution in [0.1, 0.15) is 64.2 Å². The molecule has 0 amide bonds. The van der Waals surface area contributed by atoms with Gasteiger partial charge in [-0.05, 0) is 50.6 Å². The molecule has 2 aliphatic rings. The van der Waals surface area contributed by atoms with Crippen LogP contribution in [0.5, 0.6) is 0 Å². The Balaban J connectivity index is 1.69. The lowest BCUT2D eigenvalue weighted by Gasteiger charge is -2.36. The van der Waals surface area contributed by atoms with Crippen molar-refractivity contribution in [2.24, 2.45) is 11.1 Å². The molecule has 0 spiro atoms. The molecule has 94 valence electrons. The highest BCUT2D eigenvalue weighted by atomic mass is 14.9. The maximum Gasteiger partial charge on any atom is 0.00670 e. The molecular formula is C14H28N2. The Hall–Kier alpha value is -0.0800. The second-order valence-corrected chi connectivity index (χ2v) is 5.95. The molecular weight excluding hydrogens is 196 g/mol. The van der Waals surface area contributed by atoms with Crippen molar-refractivity contribution in [2.75, 3.05) is 13.1 Å². The van der Waals surface area contributed by atoms with Gasteiger partial charge in [-0.1, -0.05) is 32.1 Å². The van der Waals surface area contributed by atoms with Crippen LogP contribution in [0.15, 0.2) is 0 Å². The zero-order valence-corrected chi connectivity index (χ0v) is 10.6. The highest BCUT2D eigenvalue weighted by Gasteiger charge is 2.30. The van der Waals surface area contributed by atoms with Crippen molar-refractivity contribution in [3.8, 4) is 0 Å². The van der Waals surface area contributed by atoms with E-state index in [9.17, 15) is 0 Å². The SMILES string of the molecule is NCC1(CCNC2CCCC2)CCCCC1. The second kappa shape index (κ2) is 6.02. The van der Waals surface area contributed by atoms with Gasteiger partial charge in [-0.15, -0.1) is 0 Å². The van der Waals surface area contributed by atoms with Gasteiger partial charge >= 0.3 is 0 Å². The Labute approximate surface area is 100 Å². The molecule has 0 aromatic rings. The normalized spacial score (nSPS) is 26.1. The molecule has 0 aliphatic heterocycles. The fraction of sp³-hybridized carbons (Fsp3) is 1.00. The Morgan fingerprint density at radius 2 is 1.69 bits per heavy atom. The summed E-state index contributed by atoms with van der Waals surface area (Å²) in [6.45, 7) is 2.10. The van der Waals surface area contributed by atoms with Gasteiger partial charge in [0.15, 0.2) is 0 Å². The average molecular weight is 224 g/mol. The number of rotatable bonds is 5. The topological polar surface area (TPSA) is 38.0 Å². The number of nitrogens with two attached hydrogens (primary N) is 1. The molecule has 0 saturated heterocycles. The van der Waals surface area contributed by atoms with Gasteiger partial charge in [0.05, 0.1) is 0 Å². The first-order valence-electron chi connectivity index (χ1n) is 7.28. The van der Waals surface area contributed by atoms with Crippen molar-refractivity contribution < 1.29 is 0 Å². The standard InChI is InChI=1S/C14H28N2/c15-12-14(8-4-1-5-9-14)10-11-16-13-6-2-3-7-13/h13,16H,1-12,15H2. The van der Waals surface area contributed by atoms with E-state index in [1.807, 2.05) is 0 Å². The van der Waals surface area contributed by atoms with Crippen LogP contribution in [0.4, 0.5) is 0 Å². The van der Waals surface area contributed by atoms with Crippen LogP contribution in [-0.2, 0) is 0 Å². The first-order valence-corrected chi connectivity index (χ1v) is 7.28. The summed E-state index contributed by atoms with van der Waals surface area (Å²) in [7, 11) is 0. The van der Waals surface area contributed by atoms with E-state index in [1.54, 1.807) is 0 Å². The van der Waals surface area contributed by atoms with Crippen LogP contribution in [0, 0.1) is 5.41 Å². The fourth-order valence-corrected chi connectivity index (χ4v) is 3.53. The first kappa shape index (κ1) is 12.4. The zero-order valence-electron chi connectivity index (χ0n) is 10.6. The largest absolute Gasteiger partial charge is 0.330 e. The van der Waals surface area contributed by atoms with Crippen LogP contribution in [0.25, 0.3) is 0 Å². The van der Waals surface area contributed by atoms with E-state index < -0.39 is 0 Å². The van der Waals surface area contributed by atoms with Gasteiger partial charge in [-0.2, -0.15) is 0 Å². The molecule has 0 bridgehead atoms. The van der Waals surface area contributed by atoms with E-state index in [1.165, 1.54) is 70.8 Å². The van der Waals surface area contributed by atoms with E-state index in [0.29, 0.717) is 5.41 Å². The highest BCUT2D eigenvalue weighted by Crippen LogP contribution is 2.38. The van der Waals surface area contributed by atoms with Gasteiger partial charge in [0.1, 0.15) is 0 Å². The van der Waals surface area contributed by atoms with Crippen LogP contribution in [0.2, 0.25) is 0 Å². The van der Waals surface area contributed by atoms with Crippen molar-refractivity contribution >= 4 is 0 Å². The molecule has 2 heteroatoms. The summed E-state index contributed by atoms with van der Waals surface area (Å²) in [5, 5.41) is 3.73. The minimum Gasteiger partial charge on any atom is -0.330 e. The summed E-state index contributed by atoms with van der Waals surface area (Å²) in [6.07, 6.45) is 13.9. The summed E-state index contributed by atoms with van der Waals surface area (Å²) >= 11 is 0. The molecule has 16 heavy (non-hydrogen) atoms. The maximum absolute atomic E-state index is 6.00. The lowest BCUT2D eigenvalue weighted by atomic mass is 9.72. The molecule has 0 aromatic carbocycles. The molecule has 2 saturated carbocycles. The molecule has 2 aliphatic carbocycles. The van der Waals surface area contributed by atoms with E-state index in [4.69, 9.17) is 5.73 Å². The summed E-state index contributed by atoms with van der Waals surface area (Å²) in [6, 6.07) is 0.818. The predicted molar refractivity (Wildman–Crippen MR) is 69.4 cm³/mol. The van der Waals surface area contributed by atoms with Crippen LogP contribution in [0.3, 0.4) is 0 Å². The van der Waals surface area contributed by atoms with Crippen molar-refractivity contribution in [1.82, 2.24) is 5.32 Å². The van der Waals surface area contributed by atoms with Crippen molar-refractivity contribution in [1.29, 1.82) is 0 Å². The predicted octanol–water partition coefficient (Wildman–Crippen LogP) is 2.82. The Morgan fingerprint density at radius 1 is 1.00 bits per heavy atom. The van der Waals surface area contributed by atoms with Gasteiger partial charge in [-0.25, -0.2) is 0 Å². The summed E-state index contributed by atoms with van der Waals surface area (Å²) in [5.41, 5.74) is 6.49. The molecule has 0 atom stereocenters. The monoisotopic (exact) mass is 224 g/mol. The minimum atomic E-state index is 0.490. The average Bonchev–Trinajstić information content (AvgIpc) is 2.83. The molecule has 0 radical (unpaired) electrons. The first-order chi connectivity index (χ1) is 7.85. The lowest BCUT2D eigenvalue weighted by Crippen LogP contribution is -2.37. The van der Waals surface area contributed by atoms with Crippen molar-refractivity contribution in [2.45, 2.75) is 70.3 Å². The summed E-state index contributed by atoms with van der Waals surface area (Å²) in [4.78, 5) is 0. The number of nitrogens with one attached hydrogen (secondary N) is 1. The third-order valence-corrected chi connectivity index (χ3v) is 4.79. The third-order valence-electron chi connectivity index (χ3n) is 4.79. The zero-order chi connectivity index (χ0) is 11.3. The third kappa shape index (κ3) is 3.21.